The van der Waals surface area contributed by atoms with Crippen LogP contribution in [0.3, 0.4) is 0 Å². The number of hydrogen-bond donors (Lipinski definition) is 2. The number of carbonyl (C=O) groups is 1. The number of hydrogen-bond acceptors (Lipinski definition) is 3. The molecule has 0 aliphatic heterocycles. The van der Waals surface area contributed by atoms with Gasteiger partial charge in [-0.3, -0.25) is 4.79 Å². The van der Waals surface area contributed by atoms with Gasteiger partial charge in [-0.25, -0.2) is 0 Å². The lowest BCUT2D eigenvalue weighted by Crippen LogP contribution is -2.48. The van der Waals surface area contributed by atoms with Crippen molar-refractivity contribution in [2.24, 2.45) is 5.92 Å². The molecule has 6 nitrogen and oxygen atoms in total. The molecule has 7 heteroatoms. The molecule has 0 fully saturated rings. The van der Waals surface area contributed by atoms with E-state index in [9.17, 15) is 13.2 Å². The fourth-order valence-electron chi connectivity index (χ4n) is 1.15. The number of nitrogens with one attached hydrogen (secondary N) is 1. The van der Waals surface area contributed by atoms with E-state index in [-0.39, 0.29) is 18.4 Å². The Morgan fingerprint density at radius 2 is 1.76 bits per heavy atom. The van der Waals surface area contributed by atoms with Gasteiger partial charge in [-0.2, -0.15) is 17.4 Å². The maximum absolute atomic E-state index is 11.9. The van der Waals surface area contributed by atoms with Gasteiger partial charge in [0, 0.05) is 19.1 Å². The maximum atomic E-state index is 11.9. The average molecular weight is 266 g/mol. The van der Waals surface area contributed by atoms with Crippen LogP contribution in [-0.2, 0) is 15.0 Å². The zero-order chi connectivity index (χ0) is 13.8. The zero-order valence-corrected chi connectivity index (χ0v) is 11.8. The van der Waals surface area contributed by atoms with E-state index in [2.05, 4.69) is 4.72 Å². The molecule has 1 unspecified atom stereocenters. The van der Waals surface area contributed by atoms with Crippen molar-refractivity contribution in [3.8, 4) is 0 Å². The van der Waals surface area contributed by atoms with Crippen molar-refractivity contribution in [3.05, 3.63) is 0 Å². The lowest BCUT2D eigenvalue weighted by Gasteiger charge is -2.26. The van der Waals surface area contributed by atoms with Gasteiger partial charge in [0.05, 0.1) is 6.42 Å². The molecule has 0 saturated heterocycles. The molecule has 0 radical (unpaired) electrons. The minimum atomic E-state index is -3.63. The van der Waals surface area contributed by atoms with E-state index in [1.807, 2.05) is 0 Å². The van der Waals surface area contributed by atoms with Crippen molar-refractivity contribution in [3.63, 3.8) is 0 Å². The Morgan fingerprint density at radius 3 is 2.06 bits per heavy atom. The minimum absolute atomic E-state index is 0.0820. The highest BCUT2D eigenvalue weighted by molar-refractivity contribution is 7.87. The van der Waals surface area contributed by atoms with E-state index < -0.39 is 22.2 Å². The highest BCUT2D eigenvalue weighted by Gasteiger charge is 2.27. The first kappa shape index (κ1) is 16.3. The first-order valence-corrected chi connectivity index (χ1v) is 6.99. The molecule has 17 heavy (non-hydrogen) atoms. The Balaban J connectivity index is 4.81. The summed E-state index contributed by atoms with van der Waals surface area (Å²) in [5.41, 5.74) is 0. The lowest BCUT2D eigenvalue weighted by molar-refractivity contribution is -0.137. The Bertz CT molecular complexity index is 351. The summed E-state index contributed by atoms with van der Waals surface area (Å²) in [5, 5.41) is 8.73. The summed E-state index contributed by atoms with van der Waals surface area (Å²) in [6.45, 7) is 7.07. The average Bonchev–Trinajstić information content (AvgIpc) is 2.14. The molecule has 0 heterocycles. The molecule has 0 aromatic heterocycles. The van der Waals surface area contributed by atoms with Crippen molar-refractivity contribution in [2.45, 2.75) is 46.2 Å². The van der Waals surface area contributed by atoms with Gasteiger partial charge in [0.2, 0.25) is 0 Å². The summed E-state index contributed by atoms with van der Waals surface area (Å²) in [7, 11) is -2.17. The van der Waals surface area contributed by atoms with E-state index in [1.165, 1.54) is 11.4 Å². The number of nitrogens with zero attached hydrogens (tertiary/aromatic N) is 1. The summed E-state index contributed by atoms with van der Waals surface area (Å²) in [6, 6.07) is -0.774. The molecule has 1 atom stereocenters. The second kappa shape index (κ2) is 6.32. The van der Waals surface area contributed by atoms with E-state index >= 15 is 0 Å². The molecule has 0 aromatic carbocycles. The first-order chi connectivity index (χ1) is 7.58. The Kier molecular flexibility index (Phi) is 6.08. The molecule has 0 rings (SSSR count). The third-order valence-corrected chi connectivity index (χ3v) is 4.39. The molecule has 2 N–H and O–H groups in total. The standard InChI is InChI=1S/C10H22N2O4S/c1-7(2)9(6-10(13)14)11-17(15,16)12(5)8(3)4/h7-9,11H,6H2,1-5H3,(H,13,14). The first-order valence-electron chi connectivity index (χ1n) is 5.55. The SMILES string of the molecule is CC(C)C(CC(=O)O)NS(=O)(=O)N(C)C(C)C. The van der Waals surface area contributed by atoms with Gasteiger partial charge in [-0.1, -0.05) is 13.8 Å². The third-order valence-electron chi connectivity index (χ3n) is 2.61. The van der Waals surface area contributed by atoms with Crippen LogP contribution in [-0.4, -0.2) is 42.9 Å². The summed E-state index contributed by atoms with van der Waals surface area (Å²) >= 11 is 0. The highest BCUT2D eigenvalue weighted by Crippen LogP contribution is 2.10. The van der Waals surface area contributed by atoms with Crippen molar-refractivity contribution in [1.29, 1.82) is 0 Å². The molecule has 0 aliphatic rings. The van der Waals surface area contributed by atoms with Gasteiger partial charge in [-0.05, 0) is 19.8 Å². The third kappa shape index (κ3) is 5.47. The maximum Gasteiger partial charge on any atom is 0.304 e. The number of rotatable bonds is 7. The smallest absolute Gasteiger partial charge is 0.304 e. The van der Waals surface area contributed by atoms with Crippen molar-refractivity contribution in [1.82, 2.24) is 9.03 Å². The minimum Gasteiger partial charge on any atom is -0.481 e. The second-order valence-electron chi connectivity index (χ2n) is 4.68. The van der Waals surface area contributed by atoms with Crippen LogP contribution in [0.25, 0.3) is 0 Å². The van der Waals surface area contributed by atoms with Crippen LogP contribution in [0, 0.1) is 5.92 Å². The number of aliphatic carboxylic acids is 1. The fourth-order valence-corrected chi connectivity index (χ4v) is 2.61. The quantitative estimate of drug-likeness (QED) is 0.708. The van der Waals surface area contributed by atoms with E-state index in [4.69, 9.17) is 5.11 Å². The number of carboxylic acids is 1. The predicted molar refractivity (Wildman–Crippen MR) is 65.8 cm³/mol. The van der Waals surface area contributed by atoms with E-state index in [0.717, 1.165) is 0 Å². The monoisotopic (exact) mass is 266 g/mol. The molecular formula is C10H22N2O4S. The van der Waals surface area contributed by atoms with Gasteiger partial charge in [-0.15, -0.1) is 0 Å². The van der Waals surface area contributed by atoms with Gasteiger partial charge >= 0.3 is 5.97 Å². The largest absolute Gasteiger partial charge is 0.481 e. The summed E-state index contributed by atoms with van der Waals surface area (Å²) in [4.78, 5) is 10.7. The second-order valence-corrected chi connectivity index (χ2v) is 6.44. The zero-order valence-electron chi connectivity index (χ0n) is 11.0. The van der Waals surface area contributed by atoms with Gasteiger partial charge in [0.1, 0.15) is 0 Å². The van der Waals surface area contributed by atoms with E-state index in [1.54, 1.807) is 27.7 Å². The summed E-state index contributed by atoms with van der Waals surface area (Å²) in [5.74, 6) is -1.10. The van der Waals surface area contributed by atoms with Gasteiger partial charge in [0.15, 0.2) is 0 Å². The van der Waals surface area contributed by atoms with Crippen molar-refractivity contribution >= 4 is 16.2 Å². The molecular weight excluding hydrogens is 244 g/mol. The molecule has 0 aliphatic carbocycles. The van der Waals surface area contributed by atoms with Crippen LogP contribution in [0.1, 0.15) is 34.1 Å². The van der Waals surface area contributed by atoms with Crippen molar-refractivity contribution in [2.75, 3.05) is 7.05 Å². The summed E-state index contributed by atoms with van der Waals surface area (Å²) < 4.78 is 27.4. The molecule has 0 spiro atoms. The molecule has 0 bridgehead atoms. The van der Waals surface area contributed by atoms with Gasteiger partial charge < -0.3 is 5.11 Å². The van der Waals surface area contributed by atoms with Crippen LogP contribution in [0.5, 0.6) is 0 Å². The number of carboxylic acid groups (broad SMARTS) is 1. The molecule has 0 amide bonds. The Labute approximate surface area is 103 Å². The molecule has 0 saturated carbocycles. The van der Waals surface area contributed by atoms with Crippen LogP contribution in [0.4, 0.5) is 0 Å². The Morgan fingerprint density at radius 1 is 1.29 bits per heavy atom. The van der Waals surface area contributed by atoms with Crippen LogP contribution in [0.15, 0.2) is 0 Å². The van der Waals surface area contributed by atoms with Crippen molar-refractivity contribution < 1.29 is 18.3 Å². The van der Waals surface area contributed by atoms with Crippen LogP contribution >= 0.6 is 0 Å². The van der Waals surface area contributed by atoms with Crippen LogP contribution < -0.4 is 4.72 Å². The summed E-state index contributed by atoms with van der Waals surface area (Å²) in [6.07, 6.45) is -0.219. The van der Waals surface area contributed by atoms with Crippen LogP contribution in [0.2, 0.25) is 0 Å². The predicted octanol–water partition coefficient (Wildman–Crippen LogP) is 0.660. The Hall–Kier alpha value is -0.660. The lowest BCUT2D eigenvalue weighted by atomic mass is 10.0. The topological polar surface area (TPSA) is 86.7 Å². The van der Waals surface area contributed by atoms with Gasteiger partial charge in [0.25, 0.3) is 10.2 Å². The fraction of sp³-hybridized carbons (Fsp3) is 0.900. The molecule has 102 valence electrons. The van der Waals surface area contributed by atoms with E-state index in [0.29, 0.717) is 0 Å². The molecule has 0 aromatic rings. The highest BCUT2D eigenvalue weighted by atomic mass is 32.2. The normalized spacial score (nSPS) is 14.6.